The minimum atomic E-state index is 0.389. The predicted molar refractivity (Wildman–Crippen MR) is 74.2 cm³/mol. The highest BCUT2D eigenvalue weighted by Gasteiger charge is 2.40. The number of nitrogens with zero attached hydrogens (tertiary/aromatic N) is 1. The van der Waals surface area contributed by atoms with Crippen LogP contribution in [0.4, 0.5) is 0 Å². The van der Waals surface area contributed by atoms with Gasteiger partial charge in [0.25, 0.3) is 0 Å². The molecule has 1 saturated heterocycles. The van der Waals surface area contributed by atoms with Crippen molar-refractivity contribution in [2.75, 3.05) is 19.7 Å². The highest BCUT2D eigenvalue weighted by Crippen LogP contribution is 2.45. The maximum atomic E-state index is 5.81. The summed E-state index contributed by atoms with van der Waals surface area (Å²) in [5.41, 5.74) is 1.85. The van der Waals surface area contributed by atoms with Gasteiger partial charge in [0.05, 0.1) is 6.61 Å². The number of piperidine rings is 1. The van der Waals surface area contributed by atoms with E-state index in [1.807, 2.05) is 0 Å². The topological polar surface area (TPSA) is 12.5 Å². The summed E-state index contributed by atoms with van der Waals surface area (Å²) in [6.07, 6.45) is 3.76. The number of para-hydroxylation sites is 1. The standard InChI is InChI=1S/C16H23NO/c1-13(2)17-10-7-16(8-11-17)9-12-18-15-6-4-3-5-14(15)16/h3-6,13H,7-12H2,1-2H3. The zero-order valence-corrected chi connectivity index (χ0v) is 11.5. The van der Waals surface area contributed by atoms with E-state index in [-0.39, 0.29) is 0 Å². The molecule has 0 saturated carbocycles. The van der Waals surface area contributed by atoms with E-state index in [0.29, 0.717) is 11.5 Å². The SMILES string of the molecule is CC(C)N1CCC2(CCOc3ccccc32)CC1. The van der Waals surface area contributed by atoms with E-state index in [4.69, 9.17) is 4.74 Å². The van der Waals surface area contributed by atoms with Crippen LogP contribution in [0.3, 0.4) is 0 Å². The van der Waals surface area contributed by atoms with Gasteiger partial charge in [-0.25, -0.2) is 0 Å². The second-order valence-corrected chi connectivity index (χ2v) is 6.00. The Kier molecular flexibility index (Phi) is 3.06. The molecule has 2 heteroatoms. The first-order chi connectivity index (χ1) is 8.71. The fourth-order valence-electron chi connectivity index (χ4n) is 3.51. The van der Waals surface area contributed by atoms with Crippen LogP contribution < -0.4 is 4.74 Å². The molecule has 18 heavy (non-hydrogen) atoms. The van der Waals surface area contributed by atoms with E-state index in [2.05, 4.69) is 43.0 Å². The minimum absolute atomic E-state index is 0.389. The van der Waals surface area contributed by atoms with Gasteiger partial charge in [0.1, 0.15) is 5.75 Å². The van der Waals surface area contributed by atoms with Gasteiger partial charge in [0.15, 0.2) is 0 Å². The number of hydrogen-bond acceptors (Lipinski definition) is 2. The zero-order valence-electron chi connectivity index (χ0n) is 11.5. The Morgan fingerprint density at radius 3 is 2.56 bits per heavy atom. The third-order valence-electron chi connectivity index (χ3n) is 4.78. The lowest BCUT2D eigenvalue weighted by Crippen LogP contribution is -2.47. The van der Waals surface area contributed by atoms with E-state index in [9.17, 15) is 0 Å². The molecule has 1 aromatic rings. The van der Waals surface area contributed by atoms with Gasteiger partial charge in [-0.05, 0) is 52.3 Å². The smallest absolute Gasteiger partial charge is 0.123 e. The number of fused-ring (bicyclic) bond motifs is 2. The van der Waals surface area contributed by atoms with Crippen LogP contribution >= 0.6 is 0 Å². The van der Waals surface area contributed by atoms with Gasteiger partial charge in [-0.15, -0.1) is 0 Å². The zero-order chi connectivity index (χ0) is 12.6. The number of rotatable bonds is 1. The Morgan fingerprint density at radius 1 is 1.11 bits per heavy atom. The van der Waals surface area contributed by atoms with Crippen molar-refractivity contribution in [3.05, 3.63) is 29.8 Å². The maximum Gasteiger partial charge on any atom is 0.123 e. The Labute approximate surface area is 110 Å². The summed E-state index contributed by atoms with van der Waals surface area (Å²) in [5.74, 6) is 1.13. The van der Waals surface area contributed by atoms with Gasteiger partial charge in [0.2, 0.25) is 0 Å². The molecule has 2 heterocycles. The Hall–Kier alpha value is -1.02. The van der Waals surface area contributed by atoms with Gasteiger partial charge in [0, 0.05) is 17.0 Å². The molecule has 2 nitrogen and oxygen atoms in total. The van der Waals surface area contributed by atoms with E-state index >= 15 is 0 Å². The van der Waals surface area contributed by atoms with Crippen LogP contribution in [-0.2, 0) is 5.41 Å². The molecule has 0 unspecified atom stereocenters. The van der Waals surface area contributed by atoms with Crippen molar-refractivity contribution in [3.8, 4) is 5.75 Å². The first kappa shape index (κ1) is 12.0. The van der Waals surface area contributed by atoms with E-state index < -0.39 is 0 Å². The Morgan fingerprint density at radius 2 is 1.83 bits per heavy atom. The highest BCUT2D eigenvalue weighted by atomic mass is 16.5. The normalized spacial score (nSPS) is 22.8. The quantitative estimate of drug-likeness (QED) is 0.753. The predicted octanol–water partition coefficient (Wildman–Crippen LogP) is 3.21. The molecule has 0 aliphatic carbocycles. The summed E-state index contributed by atoms with van der Waals surface area (Å²) < 4.78 is 5.81. The molecule has 0 bridgehead atoms. The third-order valence-corrected chi connectivity index (χ3v) is 4.78. The van der Waals surface area contributed by atoms with Crippen molar-refractivity contribution in [2.24, 2.45) is 0 Å². The molecule has 98 valence electrons. The minimum Gasteiger partial charge on any atom is -0.493 e. The van der Waals surface area contributed by atoms with Crippen molar-refractivity contribution < 1.29 is 4.74 Å². The van der Waals surface area contributed by atoms with Crippen LogP contribution in [0.5, 0.6) is 5.75 Å². The maximum absolute atomic E-state index is 5.81. The molecule has 3 rings (SSSR count). The fourth-order valence-corrected chi connectivity index (χ4v) is 3.51. The second kappa shape index (κ2) is 4.58. The van der Waals surface area contributed by atoms with Gasteiger partial charge in [-0.1, -0.05) is 18.2 Å². The van der Waals surface area contributed by atoms with E-state index in [1.165, 1.54) is 37.9 Å². The first-order valence-corrected chi connectivity index (χ1v) is 7.18. The van der Waals surface area contributed by atoms with Crippen molar-refractivity contribution >= 4 is 0 Å². The van der Waals surface area contributed by atoms with Crippen molar-refractivity contribution in [2.45, 2.75) is 44.6 Å². The molecule has 1 spiro atoms. The largest absolute Gasteiger partial charge is 0.493 e. The monoisotopic (exact) mass is 245 g/mol. The lowest BCUT2D eigenvalue weighted by molar-refractivity contribution is 0.0978. The first-order valence-electron chi connectivity index (χ1n) is 7.18. The van der Waals surface area contributed by atoms with Crippen LogP contribution in [0.15, 0.2) is 24.3 Å². The Balaban J connectivity index is 1.85. The van der Waals surface area contributed by atoms with Crippen molar-refractivity contribution in [1.29, 1.82) is 0 Å². The van der Waals surface area contributed by atoms with Crippen LogP contribution in [-0.4, -0.2) is 30.6 Å². The number of hydrogen-bond donors (Lipinski definition) is 0. The summed E-state index contributed by atoms with van der Waals surface area (Å²) in [6.45, 7) is 7.95. The molecule has 0 atom stereocenters. The molecular weight excluding hydrogens is 222 g/mol. The van der Waals surface area contributed by atoms with Crippen LogP contribution in [0.25, 0.3) is 0 Å². The van der Waals surface area contributed by atoms with Gasteiger partial charge in [-0.2, -0.15) is 0 Å². The molecule has 1 fully saturated rings. The van der Waals surface area contributed by atoms with Gasteiger partial charge >= 0.3 is 0 Å². The Bertz CT molecular complexity index is 419. The van der Waals surface area contributed by atoms with Crippen LogP contribution in [0, 0.1) is 0 Å². The summed E-state index contributed by atoms with van der Waals surface area (Å²) in [5, 5.41) is 0. The van der Waals surface area contributed by atoms with Gasteiger partial charge in [-0.3, -0.25) is 0 Å². The third kappa shape index (κ3) is 1.93. The molecule has 0 amide bonds. The molecular formula is C16H23NO. The number of likely N-dealkylation sites (tertiary alicyclic amines) is 1. The average molecular weight is 245 g/mol. The summed E-state index contributed by atoms with van der Waals surface area (Å²) >= 11 is 0. The van der Waals surface area contributed by atoms with Crippen LogP contribution in [0.1, 0.15) is 38.7 Å². The summed E-state index contributed by atoms with van der Waals surface area (Å²) in [7, 11) is 0. The molecule has 1 aromatic carbocycles. The highest BCUT2D eigenvalue weighted by molar-refractivity contribution is 5.41. The number of benzene rings is 1. The number of ether oxygens (including phenoxy) is 1. The molecule has 2 aliphatic heterocycles. The molecule has 0 aromatic heterocycles. The summed E-state index contributed by atoms with van der Waals surface area (Å²) in [4.78, 5) is 2.60. The van der Waals surface area contributed by atoms with Crippen LogP contribution in [0.2, 0.25) is 0 Å². The lowest BCUT2D eigenvalue weighted by Gasteiger charge is -2.46. The van der Waals surface area contributed by atoms with E-state index in [0.717, 1.165) is 12.4 Å². The second-order valence-electron chi connectivity index (χ2n) is 6.00. The van der Waals surface area contributed by atoms with E-state index in [1.54, 1.807) is 0 Å². The average Bonchev–Trinajstić information content (AvgIpc) is 2.40. The van der Waals surface area contributed by atoms with Gasteiger partial charge < -0.3 is 9.64 Å². The molecule has 2 aliphatic rings. The molecule has 0 N–H and O–H groups in total. The lowest BCUT2D eigenvalue weighted by atomic mass is 9.69. The van der Waals surface area contributed by atoms with Crippen molar-refractivity contribution in [1.82, 2.24) is 4.90 Å². The summed E-state index contributed by atoms with van der Waals surface area (Å²) in [6, 6.07) is 9.33. The van der Waals surface area contributed by atoms with Crippen molar-refractivity contribution in [3.63, 3.8) is 0 Å². The molecule has 0 radical (unpaired) electrons. The fraction of sp³-hybridized carbons (Fsp3) is 0.625.